The third-order valence-electron chi connectivity index (χ3n) is 4.15. The Balaban J connectivity index is 1.81. The van der Waals surface area contributed by atoms with E-state index in [4.69, 9.17) is 18.9 Å². The second kappa shape index (κ2) is 9.45. The maximum atomic E-state index is 12.5. The minimum absolute atomic E-state index is 0.148. The lowest BCUT2D eigenvalue weighted by Crippen LogP contribution is -2.13. The van der Waals surface area contributed by atoms with Crippen molar-refractivity contribution < 1.29 is 33.3 Å². The van der Waals surface area contributed by atoms with Crippen molar-refractivity contribution in [2.24, 2.45) is 0 Å². The molecule has 0 saturated heterocycles. The standard InChI is InChI=1S/C21H21NO7S/c1-4-26-20(24)17-12(3)18(21(25)27-5-2)30-19(17)22-16(23)9-7-13-6-8-14-15(10-13)29-11-28-14/h6-10H,4-5,11H2,1-3H3,(H,22,23)/b9-7+. The van der Waals surface area contributed by atoms with Crippen LogP contribution in [0.4, 0.5) is 5.00 Å². The molecule has 30 heavy (non-hydrogen) atoms. The third kappa shape index (κ3) is 4.62. The largest absolute Gasteiger partial charge is 0.462 e. The fraction of sp³-hybridized carbons (Fsp3) is 0.286. The van der Waals surface area contributed by atoms with E-state index >= 15 is 0 Å². The van der Waals surface area contributed by atoms with E-state index in [-0.39, 0.29) is 35.4 Å². The van der Waals surface area contributed by atoms with Crippen molar-refractivity contribution in [3.8, 4) is 11.5 Å². The summed E-state index contributed by atoms with van der Waals surface area (Å²) in [6, 6.07) is 5.30. The van der Waals surface area contributed by atoms with Gasteiger partial charge < -0.3 is 24.3 Å². The fourth-order valence-electron chi connectivity index (χ4n) is 2.78. The second-order valence-corrected chi connectivity index (χ2v) is 7.16. The van der Waals surface area contributed by atoms with Gasteiger partial charge in [0.15, 0.2) is 11.5 Å². The van der Waals surface area contributed by atoms with Crippen LogP contribution in [0.25, 0.3) is 6.08 Å². The molecule has 0 unspecified atom stereocenters. The Hall–Kier alpha value is -3.33. The number of benzene rings is 1. The van der Waals surface area contributed by atoms with Crippen molar-refractivity contribution in [1.29, 1.82) is 0 Å². The number of thiophene rings is 1. The van der Waals surface area contributed by atoms with Gasteiger partial charge in [-0.2, -0.15) is 0 Å². The Morgan fingerprint density at radius 2 is 1.80 bits per heavy atom. The van der Waals surface area contributed by atoms with Gasteiger partial charge in [0.2, 0.25) is 12.7 Å². The van der Waals surface area contributed by atoms with Crippen LogP contribution in [0.2, 0.25) is 0 Å². The number of carbonyl (C=O) groups excluding carboxylic acids is 3. The van der Waals surface area contributed by atoms with Crippen molar-refractivity contribution in [1.82, 2.24) is 0 Å². The summed E-state index contributed by atoms with van der Waals surface area (Å²) >= 11 is 0.977. The molecule has 2 heterocycles. The summed E-state index contributed by atoms with van der Waals surface area (Å²) in [5.41, 5.74) is 1.30. The maximum absolute atomic E-state index is 12.5. The molecular weight excluding hydrogens is 410 g/mol. The number of fused-ring (bicyclic) bond motifs is 1. The summed E-state index contributed by atoms with van der Waals surface area (Å²) in [4.78, 5) is 37.3. The molecule has 2 aromatic rings. The maximum Gasteiger partial charge on any atom is 0.348 e. The van der Waals surface area contributed by atoms with Crippen LogP contribution in [0.5, 0.6) is 11.5 Å². The highest BCUT2D eigenvalue weighted by Gasteiger charge is 2.27. The summed E-state index contributed by atoms with van der Waals surface area (Å²) in [5, 5.41) is 2.89. The SMILES string of the molecule is CCOC(=O)c1sc(NC(=O)/C=C/c2ccc3c(c2)OCO3)c(C(=O)OCC)c1C. The van der Waals surface area contributed by atoms with Gasteiger partial charge >= 0.3 is 11.9 Å². The number of carbonyl (C=O) groups is 3. The number of hydrogen-bond donors (Lipinski definition) is 1. The molecule has 8 nitrogen and oxygen atoms in total. The van der Waals surface area contributed by atoms with Gasteiger partial charge in [-0.15, -0.1) is 11.3 Å². The predicted molar refractivity (Wildman–Crippen MR) is 111 cm³/mol. The van der Waals surface area contributed by atoms with Crippen LogP contribution in [0.1, 0.15) is 45.0 Å². The van der Waals surface area contributed by atoms with Crippen LogP contribution >= 0.6 is 11.3 Å². The van der Waals surface area contributed by atoms with Crippen LogP contribution in [0, 0.1) is 6.92 Å². The molecule has 0 atom stereocenters. The molecule has 0 fully saturated rings. The summed E-state index contributed by atoms with van der Waals surface area (Å²) in [6.45, 7) is 5.52. The Kier molecular flexibility index (Phi) is 6.73. The average molecular weight is 431 g/mol. The molecule has 1 aromatic carbocycles. The van der Waals surface area contributed by atoms with Gasteiger partial charge in [-0.25, -0.2) is 9.59 Å². The van der Waals surface area contributed by atoms with Crippen molar-refractivity contribution >= 4 is 40.3 Å². The lowest BCUT2D eigenvalue weighted by Gasteiger charge is -2.05. The molecule has 0 spiro atoms. The zero-order valence-electron chi connectivity index (χ0n) is 16.8. The summed E-state index contributed by atoms with van der Waals surface area (Å²) < 4.78 is 20.7. The van der Waals surface area contributed by atoms with Gasteiger partial charge in [0, 0.05) is 6.08 Å². The topological polar surface area (TPSA) is 100 Å². The molecule has 9 heteroatoms. The van der Waals surface area contributed by atoms with E-state index in [1.54, 1.807) is 45.0 Å². The van der Waals surface area contributed by atoms with Gasteiger partial charge in [-0.05, 0) is 50.1 Å². The third-order valence-corrected chi connectivity index (χ3v) is 5.33. The monoisotopic (exact) mass is 431 g/mol. The van der Waals surface area contributed by atoms with Crippen molar-refractivity contribution in [3.63, 3.8) is 0 Å². The van der Waals surface area contributed by atoms with Crippen LogP contribution < -0.4 is 14.8 Å². The number of ether oxygens (including phenoxy) is 4. The number of rotatable bonds is 7. The molecule has 0 saturated carbocycles. The molecular formula is C21H21NO7S. The molecule has 1 aromatic heterocycles. The molecule has 158 valence electrons. The van der Waals surface area contributed by atoms with Gasteiger partial charge in [0.25, 0.3) is 0 Å². The zero-order chi connectivity index (χ0) is 21.7. The summed E-state index contributed by atoms with van der Waals surface area (Å²) in [7, 11) is 0. The van der Waals surface area contributed by atoms with Crippen molar-refractivity contribution in [2.45, 2.75) is 20.8 Å². The van der Waals surface area contributed by atoms with Crippen LogP contribution in [0.15, 0.2) is 24.3 Å². The first-order valence-electron chi connectivity index (χ1n) is 9.30. The zero-order valence-corrected chi connectivity index (χ0v) is 17.6. The van der Waals surface area contributed by atoms with Gasteiger partial charge in [-0.1, -0.05) is 6.07 Å². The minimum Gasteiger partial charge on any atom is -0.462 e. The Labute approximate surface area is 177 Å². The van der Waals surface area contributed by atoms with E-state index in [9.17, 15) is 14.4 Å². The average Bonchev–Trinajstić information content (AvgIpc) is 3.30. The number of nitrogens with one attached hydrogen (secondary N) is 1. The van der Waals surface area contributed by atoms with Gasteiger partial charge in [0.05, 0.1) is 18.8 Å². The van der Waals surface area contributed by atoms with Gasteiger partial charge in [0.1, 0.15) is 9.88 Å². The highest BCUT2D eigenvalue weighted by Crippen LogP contribution is 2.35. The first kappa shape index (κ1) is 21.4. The minimum atomic E-state index is -0.614. The molecule has 1 aliphatic heterocycles. The summed E-state index contributed by atoms with van der Waals surface area (Å²) in [6.07, 6.45) is 2.93. The molecule has 0 bridgehead atoms. The number of amides is 1. The predicted octanol–water partition coefficient (Wildman–Crippen LogP) is 3.79. The Morgan fingerprint density at radius 1 is 1.10 bits per heavy atom. The summed E-state index contributed by atoms with van der Waals surface area (Å²) in [5.74, 6) is -0.375. The quantitative estimate of drug-likeness (QED) is 0.526. The fourth-order valence-corrected chi connectivity index (χ4v) is 3.88. The number of anilines is 1. The first-order chi connectivity index (χ1) is 14.4. The van der Waals surface area contributed by atoms with Crippen LogP contribution in [-0.2, 0) is 14.3 Å². The molecule has 0 aliphatic carbocycles. The van der Waals surface area contributed by atoms with E-state index in [1.807, 2.05) is 0 Å². The highest BCUT2D eigenvalue weighted by molar-refractivity contribution is 7.18. The van der Waals surface area contributed by atoms with E-state index in [0.29, 0.717) is 17.1 Å². The Bertz CT molecular complexity index is 1010. The smallest absolute Gasteiger partial charge is 0.348 e. The van der Waals surface area contributed by atoms with E-state index in [1.165, 1.54) is 6.08 Å². The number of hydrogen-bond acceptors (Lipinski definition) is 8. The molecule has 3 rings (SSSR count). The second-order valence-electron chi connectivity index (χ2n) is 6.14. The van der Waals surface area contributed by atoms with Crippen molar-refractivity contribution in [3.05, 3.63) is 45.8 Å². The molecule has 1 aliphatic rings. The molecule has 1 amide bonds. The number of esters is 2. The van der Waals surface area contributed by atoms with E-state index in [2.05, 4.69) is 5.32 Å². The Morgan fingerprint density at radius 3 is 2.53 bits per heavy atom. The normalized spacial score (nSPS) is 12.1. The highest BCUT2D eigenvalue weighted by atomic mass is 32.1. The lowest BCUT2D eigenvalue weighted by molar-refractivity contribution is -0.111. The van der Waals surface area contributed by atoms with Crippen molar-refractivity contribution in [2.75, 3.05) is 25.3 Å². The lowest BCUT2D eigenvalue weighted by atomic mass is 10.1. The molecule has 0 radical (unpaired) electrons. The van der Waals surface area contributed by atoms with E-state index < -0.39 is 17.8 Å². The first-order valence-corrected chi connectivity index (χ1v) is 10.1. The molecule has 1 N–H and O–H groups in total. The van der Waals surface area contributed by atoms with Gasteiger partial charge in [-0.3, -0.25) is 4.79 Å². The van der Waals surface area contributed by atoms with E-state index in [0.717, 1.165) is 16.9 Å². The van der Waals surface area contributed by atoms with Crippen LogP contribution in [-0.4, -0.2) is 37.9 Å². The van der Waals surface area contributed by atoms with Crippen LogP contribution in [0.3, 0.4) is 0 Å².